The Morgan fingerprint density at radius 1 is 1.40 bits per heavy atom. The third kappa shape index (κ3) is 2.26. The van der Waals surface area contributed by atoms with E-state index in [0.29, 0.717) is 6.54 Å². The monoisotopic (exact) mass is 214 g/mol. The number of carboxylic acid groups (broad SMARTS) is 1. The molecule has 1 saturated heterocycles. The van der Waals surface area contributed by atoms with Crippen LogP contribution in [0.25, 0.3) is 0 Å². The molecule has 1 fully saturated rings. The number of amides is 2. The van der Waals surface area contributed by atoms with Gasteiger partial charge in [0.05, 0.1) is 6.54 Å². The summed E-state index contributed by atoms with van der Waals surface area (Å²) in [4.78, 5) is 36.2. The quantitative estimate of drug-likeness (QED) is 0.663. The summed E-state index contributed by atoms with van der Waals surface area (Å²) in [6, 6.07) is -0.944. The predicted molar refractivity (Wildman–Crippen MR) is 51.1 cm³/mol. The molecule has 6 heteroatoms. The Morgan fingerprint density at radius 2 is 2.00 bits per heavy atom. The second-order valence-electron chi connectivity index (χ2n) is 3.44. The van der Waals surface area contributed by atoms with Crippen molar-refractivity contribution in [2.24, 2.45) is 0 Å². The van der Waals surface area contributed by atoms with Crippen LogP contribution in [0.4, 0.5) is 0 Å². The van der Waals surface area contributed by atoms with Crippen molar-refractivity contribution in [1.82, 2.24) is 9.80 Å². The number of rotatable bonds is 3. The molecule has 6 nitrogen and oxygen atoms in total. The molecule has 1 aliphatic rings. The first kappa shape index (κ1) is 11.5. The van der Waals surface area contributed by atoms with E-state index in [2.05, 4.69) is 0 Å². The molecule has 0 bridgehead atoms. The highest BCUT2D eigenvalue weighted by Gasteiger charge is 2.34. The maximum Gasteiger partial charge on any atom is 0.326 e. The number of hydrogen-bond donors (Lipinski definition) is 1. The molecule has 1 N–H and O–H groups in total. The molecule has 0 aromatic rings. The molecule has 1 aliphatic heterocycles. The third-order valence-electron chi connectivity index (χ3n) is 2.51. The lowest BCUT2D eigenvalue weighted by Crippen LogP contribution is -2.57. The van der Waals surface area contributed by atoms with Crippen LogP contribution in [0.2, 0.25) is 0 Å². The molecule has 1 atom stereocenters. The van der Waals surface area contributed by atoms with Gasteiger partial charge in [-0.3, -0.25) is 9.59 Å². The van der Waals surface area contributed by atoms with Crippen LogP contribution in [0.15, 0.2) is 0 Å². The highest BCUT2D eigenvalue weighted by Crippen LogP contribution is 2.08. The van der Waals surface area contributed by atoms with Crippen molar-refractivity contribution in [2.75, 3.05) is 19.6 Å². The number of piperazine rings is 1. The van der Waals surface area contributed by atoms with Crippen LogP contribution >= 0.6 is 0 Å². The topological polar surface area (TPSA) is 77.9 Å². The summed E-state index contributed by atoms with van der Waals surface area (Å²) in [5.74, 6) is -1.61. The number of carbonyl (C=O) groups excluding carboxylic acids is 2. The lowest BCUT2D eigenvalue weighted by Gasteiger charge is -2.35. The highest BCUT2D eigenvalue weighted by atomic mass is 16.4. The summed E-state index contributed by atoms with van der Waals surface area (Å²) in [6.07, 6.45) is 0. The Kier molecular flexibility index (Phi) is 3.28. The van der Waals surface area contributed by atoms with Gasteiger partial charge in [0, 0.05) is 6.54 Å². The van der Waals surface area contributed by atoms with Gasteiger partial charge in [-0.15, -0.1) is 0 Å². The van der Waals surface area contributed by atoms with Gasteiger partial charge >= 0.3 is 5.97 Å². The van der Waals surface area contributed by atoms with Crippen LogP contribution in [0.3, 0.4) is 0 Å². The third-order valence-corrected chi connectivity index (χ3v) is 2.51. The van der Waals surface area contributed by atoms with E-state index in [-0.39, 0.29) is 24.9 Å². The molecular formula is C9H14N2O4. The Bertz CT molecular complexity index is 302. The smallest absolute Gasteiger partial charge is 0.326 e. The average molecular weight is 214 g/mol. The molecule has 0 spiro atoms. The van der Waals surface area contributed by atoms with Crippen LogP contribution in [0.1, 0.15) is 13.8 Å². The molecule has 0 aliphatic carbocycles. The minimum atomic E-state index is -1.10. The zero-order valence-electron chi connectivity index (χ0n) is 8.77. The fraction of sp³-hybridized carbons (Fsp3) is 0.667. The summed E-state index contributed by atoms with van der Waals surface area (Å²) >= 11 is 0. The number of nitrogens with zero attached hydrogens (tertiary/aromatic N) is 2. The van der Waals surface area contributed by atoms with E-state index < -0.39 is 12.0 Å². The first-order chi connectivity index (χ1) is 6.97. The first-order valence-corrected chi connectivity index (χ1v) is 4.77. The van der Waals surface area contributed by atoms with Crippen molar-refractivity contribution < 1.29 is 19.5 Å². The maximum atomic E-state index is 11.5. The Balaban J connectivity index is 2.75. The largest absolute Gasteiger partial charge is 0.480 e. The lowest BCUT2D eigenvalue weighted by atomic mass is 10.2. The van der Waals surface area contributed by atoms with Crippen LogP contribution in [0, 0.1) is 0 Å². The van der Waals surface area contributed by atoms with Gasteiger partial charge in [0.25, 0.3) is 0 Å². The van der Waals surface area contributed by atoms with Gasteiger partial charge in [0.2, 0.25) is 11.8 Å². The fourth-order valence-electron chi connectivity index (χ4n) is 1.45. The van der Waals surface area contributed by atoms with Crippen molar-refractivity contribution in [3.05, 3.63) is 0 Å². The summed E-state index contributed by atoms with van der Waals surface area (Å²) in [5, 5.41) is 8.74. The Hall–Kier alpha value is -1.59. The summed E-state index contributed by atoms with van der Waals surface area (Å²) in [7, 11) is 0. The molecule has 0 radical (unpaired) electrons. The number of aliphatic carboxylic acids is 1. The highest BCUT2D eigenvalue weighted by molar-refractivity contribution is 5.94. The summed E-state index contributed by atoms with van der Waals surface area (Å²) < 4.78 is 0. The number of carboxylic acids is 1. The van der Waals surface area contributed by atoms with E-state index in [1.54, 1.807) is 6.92 Å². The van der Waals surface area contributed by atoms with Gasteiger partial charge in [-0.1, -0.05) is 0 Å². The molecule has 2 amide bonds. The maximum absolute atomic E-state index is 11.5. The Morgan fingerprint density at radius 3 is 2.47 bits per heavy atom. The molecule has 1 heterocycles. The van der Waals surface area contributed by atoms with Gasteiger partial charge < -0.3 is 14.9 Å². The van der Waals surface area contributed by atoms with Crippen LogP contribution in [0.5, 0.6) is 0 Å². The van der Waals surface area contributed by atoms with E-state index in [1.807, 2.05) is 0 Å². The van der Waals surface area contributed by atoms with Gasteiger partial charge in [-0.25, -0.2) is 4.79 Å². The summed E-state index contributed by atoms with van der Waals surface area (Å²) in [6.45, 7) is 3.49. The van der Waals surface area contributed by atoms with E-state index >= 15 is 0 Å². The second-order valence-corrected chi connectivity index (χ2v) is 3.44. The average Bonchev–Trinajstić information content (AvgIpc) is 2.19. The Labute approximate surface area is 87.5 Å². The normalized spacial score (nSPS) is 19.3. The zero-order chi connectivity index (χ0) is 11.6. The van der Waals surface area contributed by atoms with Gasteiger partial charge in [-0.05, 0) is 13.8 Å². The number of hydrogen-bond acceptors (Lipinski definition) is 3. The summed E-state index contributed by atoms with van der Waals surface area (Å²) in [5.41, 5.74) is 0. The molecular weight excluding hydrogens is 200 g/mol. The van der Waals surface area contributed by atoms with E-state index in [9.17, 15) is 14.4 Å². The van der Waals surface area contributed by atoms with Crippen molar-refractivity contribution in [1.29, 1.82) is 0 Å². The predicted octanol–water partition coefficient (Wildman–Crippen LogP) is -0.850. The van der Waals surface area contributed by atoms with Gasteiger partial charge in [0.15, 0.2) is 0 Å². The zero-order valence-corrected chi connectivity index (χ0v) is 8.77. The molecule has 1 unspecified atom stereocenters. The molecule has 0 saturated carbocycles. The van der Waals surface area contributed by atoms with Crippen LogP contribution in [-0.4, -0.2) is 58.4 Å². The number of carbonyl (C=O) groups is 3. The van der Waals surface area contributed by atoms with Crippen molar-refractivity contribution in [3.8, 4) is 0 Å². The minimum absolute atomic E-state index is 0.0209. The second kappa shape index (κ2) is 4.29. The molecule has 15 heavy (non-hydrogen) atoms. The fourth-order valence-corrected chi connectivity index (χ4v) is 1.45. The lowest BCUT2D eigenvalue weighted by molar-refractivity contribution is -0.158. The van der Waals surface area contributed by atoms with Crippen molar-refractivity contribution in [2.45, 2.75) is 19.9 Å². The van der Waals surface area contributed by atoms with E-state index in [1.165, 1.54) is 11.8 Å². The first-order valence-electron chi connectivity index (χ1n) is 4.77. The molecule has 1 rings (SSSR count). The SMILES string of the molecule is CCN1CC(=O)N(C(C)C(=O)O)CC1=O. The van der Waals surface area contributed by atoms with Gasteiger partial charge in [-0.2, -0.15) is 0 Å². The standard InChI is InChI=1S/C9H14N2O4/c1-3-10-4-8(13)11(5-7(10)12)6(2)9(14)15/h6H,3-5H2,1-2H3,(H,14,15). The van der Waals surface area contributed by atoms with Crippen molar-refractivity contribution in [3.63, 3.8) is 0 Å². The molecule has 0 aromatic heterocycles. The van der Waals surface area contributed by atoms with Crippen molar-refractivity contribution >= 4 is 17.8 Å². The van der Waals surface area contributed by atoms with E-state index in [4.69, 9.17) is 5.11 Å². The number of likely N-dealkylation sites (N-methyl/N-ethyl adjacent to an activating group) is 1. The van der Waals surface area contributed by atoms with Crippen LogP contribution < -0.4 is 0 Å². The molecule has 84 valence electrons. The van der Waals surface area contributed by atoms with Crippen LogP contribution in [-0.2, 0) is 14.4 Å². The van der Waals surface area contributed by atoms with Gasteiger partial charge in [0.1, 0.15) is 12.6 Å². The minimum Gasteiger partial charge on any atom is -0.480 e. The molecule has 0 aromatic carbocycles. The van der Waals surface area contributed by atoms with E-state index in [0.717, 1.165) is 4.90 Å².